The molecule has 1 aromatic carbocycles. The molecule has 1 amide bonds. The third-order valence-electron chi connectivity index (χ3n) is 3.38. The molecule has 2 nitrogen and oxygen atoms in total. The summed E-state index contributed by atoms with van der Waals surface area (Å²) in [6.45, 7) is 4.01. The van der Waals surface area contributed by atoms with E-state index < -0.39 is 0 Å². The van der Waals surface area contributed by atoms with Crippen LogP contribution in [-0.2, 0) is 11.2 Å². The zero-order chi connectivity index (χ0) is 12.3. The minimum absolute atomic E-state index is 0.307. The van der Waals surface area contributed by atoms with Gasteiger partial charge in [-0.1, -0.05) is 22.0 Å². The molecule has 17 heavy (non-hydrogen) atoms. The fourth-order valence-electron chi connectivity index (χ4n) is 2.28. The van der Waals surface area contributed by atoms with Crippen LogP contribution >= 0.6 is 15.9 Å². The maximum Gasteiger partial charge on any atom is 0.222 e. The minimum Gasteiger partial charge on any atom is -0.343 e. The van der Waals surface area contributed by atoms with E-state index in [1.165, 1.54) is 24.0 Å². The summed E-state index contributed by atoms with van der Waals surface area (Å²) in [6.07, 6.45) is 3.82. The Balaban J connectivity index is 1.92. The molecular formula is C14H18BrNO. The number of carbonyl (C=O) groups excluding carboxylic acids is 1. The number of hydrogen-bond acceptors (Lipinski definition) is 1. The Kier molecular flexibility index (Phi) is 4.21. The SMILES string of the molecule is Cc1ccc(Br)cc1CCC(=O)N1CCCC1. The molecule has 0 saturated carbocycles. The lowest BCUT2D eigenvalue weighted by atomic mass is 10.0. The van der Waals surface area contributed by atoms with Crippen molar-refractivity contribution in [2.24, 2.45) is 0 Å². The smallest absolute Gasteiger partial charge is 0.222 e. The van der Waals surface area contributed by atoms with Gasteiger partial charge in [-0.05, 0) is 49.4 Å². The van der Waals surface area contributed by atoms with Crippen LogP contribution < -0.4 is 0 Å². The second kappa shape index (κ2) is 5.67. The van der Waals surface area contributed by atoms with Crippen LogP contribution in [0, 0.1) is 6.92 Å². The lowest BCUT2D eigenvalue weighted by molar-refractivity contribution is -0.130. The predicted octanol–water partition coefficient (Wildman–Crippen LogP) is 3.31. The third kappa shape index (κ3) is 3.32. The molecule has 0 atom stereocenters. The largest absolute Gasteiger partial charge is 0.343 e. The molecule has 0 N–H and O–H groups in total. The quantitative estimate of drug-likeness (QED) is 0.838. The summed E-state index contributed by atoms with van der Waals surface area (Å²) in [5.41, 5.74) is 2.54. The third-order valence-corrected chi connectivity index (χ3v) is 3.87. The van der Waals surface area contributed by atoms with Gasteiger partial charge in [0.25, 0.3) is 0 Å². The van der Waals surface area contributed by atoms with Crippen LogP contribution in [0.15, 0.2) is 22.7 Å². The van der Waals surface area contributed by atoms with Crippen molar-refractivity contribution in [2.45, 2.75) is 32.6 Å². The fraction of sp³-hybridized carbons (Fsp3) is 0.500. The van der Waals surface area contributed by atoms with Gasteiger partial charge < -0.3 is 4.90 Å². The molecule has 0 radical (unpaired) electrons. The molecule has 1 saturated heterocycles. The van der Waals surface area contributed by atoms with Crippen molar-refractivity contribution in [1.29, 1.82) is 0 Å². The van der Waals surface area contributed by atoms with Gasteiger partial charge in [0.2, 0.25) is 5.91 Å². The molecule has 0 bridgehead atoms. The summed E-state index contributed by atoms with van der Waals surface area (Å²) in [5, 5.41) is 0. The zero-order valence-electron chi connectivity index (χ0n) is 10.2. The highest BCUT2D eigenvalue weighted by molar-refractivity contribution is 9.10. The first-order valence-corrected chi connectivity index (χ1v) is 6.99. The van der Waals surface area contributed by atoms with E-state index in [1.54, 1.807) is 0 Å². The number of aryl methyl sites for hydroxylation is 2. The number of likely N-dealkylation sites (tertiary alicyclic amines) is 1. The molecule has 3 heteroatoms. The topological polar surface area (TPSA) is 20.3 Å². The lowest BCUT2D eigenvalue weighted by Crippen LogP contribution is -2.27. The first kappa shape index (κ1) is 12.6. The van der Waals surface area contributed by atoms with Crippen molar-refractivity contribution in [1.82, 2.24) is 4.90 Å². The molecule has 1 aliphatic rings. The number of hydrogen-bond donors (Lipinski definition) is 0. The van der Waals surface area contributed by atoms with E-state index in [4.69, 9.17) is 0 Å². The average molecular weight is 296 g/mol. The second-order valence-electron chi connectivity index (χ2n) is 4.66. The van der Waals surface area contributed by atoms with Gasteiger partial charge in [-0.25, -0.2) is 0 Å². The van der Waals surface area contributed by atoms with Crippen LogP contribution in [0.5, 0.6) is 0 Å². The van der Waals surface area contributed by atoms with Gasteiger partial charge >= 0.3 is 0 Å². The molecular weight excluding hydrogens is 278 g/mol. The first-order chi connectivity index (χ1) is 8.16. The van der Waals surface area contributed by atoms with Gasteiger partial charge in [-0.2, -0.15) is 0 Å². The number of benzene rings is 1. The van der Waals surface area contributed by atoms with E-state index in [1.807, 2.05) is 11.0 Å². The monoisotopic (exact) mass is 295 g/mol. The number of amides is 1. The Morgan fingerprint density at radius 2 is 2.06 bits per heavy atom. The van der Waals surface area contributed by atoms with Gasteiger partial charge in [0, 0.05) is 24.0 Å². The molecule has 92 valence electrons. The van der Waals surface area contributed by atoms with E-state index in [0.717, 1.165) is 24.0 Å². The number of halogens is 1. The maximum atomic E-state index is 11.9. The minimum atomic E-state index is 0.307. The molecule has 0 unspecified atom stereocenters. The highest BCUT2D eigenvalue weighted by Gasteiger charge is 2.17. The van der Waals surface area contributed by atoms with Crippen molar-refractivity contribution in [3.63, 3.8) is 0 Å². The van der Waals surface area contributed by atoms with Crippen molar-refractivity contribution in [2.75, 3.05) is 13.1 Å². The fourth-order valence-corrected chi connectivity index (χ4v) is 2.68. The summed E-state index contributed by atoms with van der Waals surface area (Å²) >= 11 is 3.47. The van der Waals surface area contributed by atoms with Gasteiger partial charge in [0.15, 0.2) is 0 Å². The van der Waals surface area contributed by atoms with Crippen LogP contribution in [-0.4, -0.2) is 23.9 Å². The number of nitrogens with zero attached hydrogens (tertiary/aromatic N) is 1. The van der Waals surface area contributed by atoms with Crippen LogP contribution in [0.4, 0.5) is 0 Å². The molecule has 1 aromatic rings. The Morgan fingerprint density at radius 1 is 1.35 bits per heavy atom. The highest BCUT2D eigenvalue weighted by Crippen LogP contribution is 2.18. The molecule has 1 heterocycles. The normalized spacial score (nSPS) is 15.3. The maximum absolute atomic E-state index is 11.9. The highest BCUT2D eigenvalue weighted by atomic mass is 79.9. The van der Waals surface area contributed by atoms with E-state index in [0.29, 0.717) is 12.3 Å². The average Bonchev–Trinajstić information content (AvgIpc) is 2.83. The zero-order valence-corrected chi connectivity index (χ0v) is 11.8. The van der Waals surface area contributed by atoms with E-state index in [-0.39, 0.29) is 0 Å². The second-order valence-corrected chi connectivity index (χ2v) is 5.57. The van der Waals surface area contributed by atoms with Gasteiger partial charge in [0.1, 0.15) is 0 Å². The summed E-state index contributed by atoms with van der Waals surface area (Å²) in [6, 6.07) is 6.26. The predicted molar refractivity (Wildman–Crippen MR) is 73.0 cm³/mol. The van der Waals surface area contributed by atoms with Gasteiger partial charge in [-0.3, -0.25) is 4.79 Å². The Bertz CT molecular complexity index is 411. The molecule has 1 aliphatic heterocycles. The molecule has 0 spiro atoms. The Hall–Kier alpha value is -0.830. The summed E-state index contributed by atoms with van der Waals surface area (Å²) in [7, 11) is 0. The van der Waals surface area contributed by atoms with Crippen molar-refractivity contribution in [3.05, 3.63) is 33.8 Å². The Morgan fingerprint density at radius 3 is 2.76 bits per heavy atom. The molecule has 0 aliphatic carbocycles. The van der Waals surface area contributed by atoms with Crippen LogP contribution in [0.2, 0.25) is 0 Å². The Labute approximate surface area is 111 Å². The van der Waals surface area contributed by atoms with Crippen molar-refractivity contribution < 1.29 is 4.79 Å². The summed E-state index contributed by atoms with van der Waals surface area (Å²) in [5.74, 6) is 0.307. The summed E-state index contributed by atoms with van der Waals surface area (Å²) < 4.78 is 1.09. The standard InChI is InChI=1S/C14H18BrNO/c1-11-4-6-13(15)10-12(11)5-7-14(17)16-8-2-3-9-16/h4,6,10H,2-3,5,7-9H2,1H3. The van der Waals surface area contributed by atoms with E-state index in [9.17, 15) is 4.79 Å². The number of rotatable bonds is 3. The molecule has 0 aromatic heterocycles. The number of carbonyl (C=O) groups is 1. The van der Waals surface area contributed by atoms with Crippen LogP contribution in [0.3, 0.4) is 0 Å². The molecule has 2 rings (SSSR count). The van der Waals surface area contributed by atoms with Crippen molar-refractivity contribution in [3.8, 4) is 0 Å². The summed E-state index contributed by atoms with van der Waals surface area (Å²) in [4.78, 5) is 13.9. The van der Waals surface area contributed by atoms with Crippen molar-refractivity contribution >= 4 is 21.8 Å². The first-order valence-electron chi connectivity index (χ1n) is 6.19. The van der Waals surface area contributed by atoms with E-state index >= 15 is 0 Å². The van der Waals surface area contributed by atoms with Gasteiger partial charge in [0.05, 0.1) is 0 Å². The lowest BCUT2D eigenvalue weighted by Gasteiger charge is -2.15. The van der Waals surface area contributed by atoms with Gasteiger partial charge in [-0.15, -0.1) is 0 Å². The van der Waals surface area contributed by atoms with Crippen LogP contribution in [0.25, 0.3) is 0 Å². The molecule has 1 fully saturated rings. The van der Waals surface area contributed by atoms with Crippen LogP contribution in [0.1, 0.15) is 30.4 Å². The van der Waals surface area contributed by atoms with E-state index in [2.05, 4.69) is 35.0 Å².